The first-order valence-corrected chi connectivity index (χ1v) is 11.0. The Morgan fingerprint density at radius 3 is 2.45 bits per heavy atom. The molecule has 2 aromatic rings. The minimum Gasteiger partial charge on any atom is -0.463 e. The highest BCUT2D eigenvalue weighted by molar-refractivity contribution is 5.81. The molecule has 1 fully saturated rings. The monoisotopic (exact) mass is 403 g/mol. The van der Waals surface area contributed by atoms with Crippen molar-refractivity contribution in [3.63, 3.8) is 0 Å². The number of anilines is 1. The van der Waals surface area contributed by atoms with E-state index in [1.807, 2.05) is 6.33 Å². The van der Waals surface area contributed by atoms with Gasteiger partial charge < -0.3 is 19.9 Å². The van der Waals surface area contributed by atoms with E-state index in [9.17, 15) is 0 Å². The molecule has 3 rings (SSSR count). The van der Waals surface area contributed by atoms with Gasteiger partial charge in [0.15, 0.2) is 11.5 Å². The molecule has 3 heterocycles. The number of nitrogen functional groups attached to an aromatic ring is 1. The quantitative estimate of drug-likeness (QED) is 0.644. The maximum absolute atomic E-state index is 6.05. The van der Waals surface area contributed by atoms with Gasteiger partial charge in [0.05, 0.1) is 12.9 Å². The fraction of sp³-hybridized carbons (Fsp3) is 0.762. The summed E-state index contributed by atoms with van der Waals surface area (Å²) in [5.41, 5.74) is 7.75. The van der Waals surface area contributed by atoms with Crippen LogP contribution in [0.4, 0.5) is 5.82 Å². The Morgan fingerprint density at radius 1 is 1.03 bits per heavy atom. The predicted molar refractivity (Wildman–Crippen MR) is 117 cm³/mol. The van der Waals surface area contributed by atoms with Gasteiger partial charge in [-0.05, 0) is 46.6 Å². The molecule has 1 saturated heterocycles. The first-order valence-electron chi connectivity index (χ1n) is 11.0. The van der Waals surface area contributed by atoms with E-state index in [-0.39, 0.29) is 5.54 Å². The van der Waals surface area contributed by atoms with E-state index in [4.69, 9.17) is 10.5 Å². The molecule has 8 heteroatoms. The molecule has 0 unspecified atom stereocenters. The number of unbranched alkanes of at least 4 members (excludes halogenated alkanes) is 2. The van der Waals surface area contributed by atoms with E-state index in [1.54, 1.807) is 0 Å². The standard InChI is InChI=1S/C21H37N7O/c1-5-6-15-29-20-24-18(22)17-19(25-20)27(16-23-17)10-8-7-9-26-11-13-28(14-12-26)21(2,3)4/h16H,5-15H2,1-4H3,(H2,22,24,25). The number of nitrogens with zero attached hydrogens (tertiary/aromatic N) is 6. The molecule has 2 N–H and O–H groups in total. The van der Waals surface area contributed by atoms with Crippen LogP contribution >= 0.6 is 0 Å². The van der Waals surface area contributed by atoms with Gasteiger partial charge >= 0.3 is 6.01 Å². The number of hydrogen-bond donors (Lipinski definition) is 1. The van der Waals surface area contributed by atoms with Crippen LogP contribution in [0.2, 0.25) is 0 Å². The van der Waals surface area contributed by atoms with Gasteiger partial charge in [-0.25, -0.2) is 4.98 Å². The van der Waals surface area contributed by atoms with Crippen LogP contribution < -0.4 is 10.5 Å². The summed E-state index contributed by atoms with van der Waals surface area (Å²) in [6.45, 7) is 16.3. The van der Waals surface area contributed by atoms with Crippen molar-refractivity contribution in [2.75, 3.05) is 45.1 Å². The van der Waals surface area contributed by atoms with Crippen molar-refractivity contribution in [3.8, 4) is 6.01 Å². The highest BCUT2D eigenvalue weighted by atomic mass is 16.5. The van der Waals surface area contributed by atoms with E-state index in [0.717, 1.165) is 70.6 Å². The second kappa shape index (κ2) is 9.71. The average molecular weight is 404 g/mol. The van der Waals surface area contributed by atoms with E-state index in [0.29, 0.717) is 24.0 Å². The molecule has 1 aliphatic rings. The molecule has 0 aliphatic carbocycles. The molecule has 0 atom stereocenters. The first kappa shape index (κ1) is 21.8. The molecule has 8 nitrogen and oxygen atoms in total. The highest BCUT2D eigenvalue weighted by Gasteiger charge is 2.25. The largest absolute Gasteiger partial charge is 0.463 e. The summed E-state index contributed by atoms with van der Waals surface area (Å²) in [4.78, 5) is 18.3. The molecule has 0 radical (unpaired) electrons. The van der Waals surface area contributed by atoms with Crippen molar-refractivity contribution in [1.29, 1.82) is 0 Å². The first-order chi connectivity index (χ1) is 13.9. The summed E-state index contributed by atoms with van der Waals surface area (Å²) in [6.07, 6.45) is 6.11. The third-order valence-electron chi connectivity index (χ3n) is 5.64. The minimum atomic E-state index is 0.275. The van der Waals surface area contributed by atoms with E-state index in [2.05, 4.69) is 57.0 Å². The second-order valence-electron chi connectivity index (χ2n) is 8.91. The number of ether oxygens (including phenoxy) is 1. The fourth-order valence-corrected chi connectivity index (χ4v) is 3.74. The Balaban J connectivity index is 1.48. The van der Waals surface area contributed by atoms with E-state index >= 15 is 0 Å². The number of aryl methyl sites for hydroxylation is 1. The van der Waals surface area contributed by atoms with Crippen LogP contribution in [0.3, 0.4) is 0 Å². The number of nitrogens with two attached hydrogens (primary N) is 1. The van der Waals surface area contributed by atoms with E-state index in [1.165, 1.54) is 0 Å². The summed E-state index contributed by atoms with van der Waals surface area (Å²) in [5, 5.41) is 0. The molecule has 162 valence electrons. The van der Waals surface area contributed by atoms with Crippen LogP contribution in [-0.2, 0) is 6.54 Å². The molecule has 29 heavy (non-hydrogen) atoms. The lowest BCUT2D eigenvalue weighted by Crippen LogP contribution is -2.53. The summed E-state index contributed by atoms with van der Waals surface area (Å²) in [7, 11) is 0. The number of hydrogen-bond acceptors (Lipinski definition) is 7. The van der Waals surface area contributed by atoms with Gasteiger partial charge in [-0.2, -0.15) is 9.97 Å². The normalized spacial score (nSPS) is 16.6. The molecule has 0 aromatic carbocycles. The third-order valence-corrected chi connectivity index (χ3v) is 5.64. The van der Waals surface area contributed by atoms with Gasteiger partial charge in [0.2, 0.25) is 0 Å². The Bertz CT molecular complexity index is 775. The van der Waals surface area contributed by atoms with Gasteiger partial charge in [0.1, 0.15) is 5.52 Å². The Kier molecular flexibility index (Phi) is 7.29. The zero-order valence-corrected chi connectivity index (χ0v) is 18.5. The summed E-state index contributed by atoms with van der Waals surface area (Å²) < 4.78 is 7.71. The summed E-state index contributed by atoms with van der Waals surface area (Å²) in [6, 6.07) is 0.349. The second-order valence-corrected chi connectivity index (χ2v) is 8.91. The molecular formula is C21H37N7O. The maximum atomic E-state index is 6.05. The Morgan fingerprint density at radius 2 is 1.76 bits per heavy atom. The zero-order chi connectivity index (χ0) is 20.9. The molecule has 2 aromatic heterocycles. The van der Waals surface area contributed by atoms with Gasteiger partial charge in [-0.3, -0.25) is 4.90 Å². The van der Waals surface area contributed by atoms with Gasteiger partial charge in [-0.15, -0.1) is 0 Å². The van der Waals surface area contributed by atoms with Gasteiger partial charge in [-0.1, -0.05) is 13.3 Å². The van der Waals surface area contributed by atoms with Gasteiger partial charge in [0.25, 0.3) is 0 Å². The van der Waals surface area contributed by atoms with Crippen LogP contribution in [0.5, 0.6) is 6.01 Å². The van der Waals surface area contributed by atoms with Crippen LogP contribution in [-0.4, -0.2) is 74.2 Å². The number of rotatable bonds is 9. The van der Waals surface area contributed by atoms with Crippen LogP contribution in [0, 0.1) is 0 Å². The topological polar surface area (TPSA) is 85.3 Å². The number of imidazole rings is 1. The zero-order valence-electron chi connectivity index (χ0n) is 18.5. The minimum absolute atomic E-state index is 0.275. The molecular weight excluding hydrogens is 366 g/mol. The molecule has 0 amide bonds. The van der Waals surface area contributed by atoms with Crippen molar-refractivity contribution in [1.82, 2.24) is 29.3 Å². The Hall–Kier alpha value is -1.93. The SMILES string of the molecule is CCCCOc1nc(N)c2ncn(CCCCN3CCN(C(C)(C)C)CC3)c2n1. The maximum Gasteiger partial charge on any atom is 0.320 e. The molecule has 1 aliphatic heterocycles. The van der Waals surface area contributed by atoms with Crippen molar-refractivity contribution in [2.24, 2.45) is 0 Å². The van der Waals surface area contributed by atoms with E-state index < -0.39 is 0 Å². The Labute approximate surface area is 174 Å². The van der Waals surface area contributed by atoms with Crippen molar-refractivity contribution in [3.05, 3.63) is 6.33 Å². The van der Waals surface area contributed by atoms with Crippen LogP contribution in [0.25, 0.3) is 11.2 Å². The molecule has 0 saturated carbocycles. The van der Waals surface area contributed by atoms with Gasteiger partial charge in [0, 0.05) is 38.3 Å². The number of fused-ring (bicyclic) bond motifs is 1. The number of piperazine rings is 1. The van der Waals surface area contributed by atoms with Crippen molar-refractivity contribution in [2.45, 2.75) is 65.5 Å². The van der Waals surface area contributed by atoms with Crippen LogP contribution in [0.15, 0.2) is 6.33 Å². The number of aromatic nitrogens is 4. The molecule has 0 bridgehead atoms. The lowest BCUT2D eigenvalue weighted by Gasteiger charge is -2.42. The average Bonchev–Trinajstić information content (AvgIpc) is 3.09. The van der Waals surface area contributed by atoms with Crippen LogP contribution in [0.1, 0.15) is 53.4 Å². The highest BCUT2D eigenvalue weighted by Crippen LogP contribution is 2.20. The lowest BCUT2D eigenvalue weighted by molar-refractivity contribution is 0.0615. The predicted octanol–water partition coefficient (Wildman–Crippen LogP) is 2.78. The molecule has 0 spiro atoms. The summed E-state index contributed by atoms with van der Waals surface area (Å²) >= 11 is 0. The third kappa shape index (κ3) is 5.79. The lowest BCUT2D eigenvalue weighted by atomic mass is 10.0. The summed E-state index contributed by atoms with van der Waals surface area (Å²) in [5.74, 6) is 0.386. The fourth-order valence-electron chi connectivity index (χ4n) is 3.74. The smallest absolute Gasteiger partial charge is 0.320 e. The van der Waals surface area contributed by atoms with Crippen molar-refractivity contribution >= 4 is 17.0 Å². The van der Waals surface area contributed by atoms with Crippen molar-refractivity contribution < 1.29 is 4.74 Å².